The van der Waals surface area contributed by atoms with Gasteiger partial charge in [-0.3, -0.25) is 14.9 Å². The van der Waals surface area contributed by atoms with Gasteiger partial charge in [-0.05, 0) is 50.1 Å². The van der Waals surface area contributed by atoms with Gasteiger partial charge in [0.25, 0.3) is 0 Å². The molecule has 2 saturated heterocycles. The van der Waals surface area contributed by atoms with Crippen molar-refractivity contribution in [2.24, 2.45) is 0 Å². The van der Waals surface area contributed by atoms with Crippen molar-refractivity contribution in [2.75, 3.05) is 29.2 Å². The number of pyridine rings is 1. The molecule has 1 unspecified atom stereocenters. The van der Waals surface area contributed by atoms with Crippen molar-refractivity contribution < 1.29 is 23.5 Å². The Labute approximate surface area is 207 Å². The van der Waals surface area contributed by atoms with Crippen LogP contribution in [-0.4, -0.2) is 59.6 Å². The lowest BCUT2D eigenvalue weighted by atomic mass is 10.0. The number of aromatic nitrogens is 1. The number of urea groups is 1. The van der Waals surface area contributed by atoms with Gasteiger partial charge in [0.1, 0.15) is 17.7 Å². The predicted octanol–water partition coefficient (Wildman–Crippen LogP) is 4.04. The molecule has 1 aromatic carbocycles. The lowest BCUT2D eigenvalue weighted by Gasteiger charge is -2.33. The lowest BCUT2D eigenvalue weighted by molar-refractivity contribution is -0.120. The molecule has 0 bridgehead atoms. The quantitative estimate of drug-likeness (QED) is 0.641. The zero-order valence-electron chi connectivity index (χ0n) is 19.5. The minimum atomic E-state index is -0.880. The molecule has 3 heterocycles. The van der Waals surface area contributed by atoms with Crippen LogP contribution < -0.4 is 15.5 Å². The Morgan fingerprint density at radius 2 is 2.03 bits per heavy atom. The Kier molecular flexibility index (Phi) is 7.51. The average Bonchev–Trinajstić information content (AvgIpc) is 3.27. The van der Waals surface area contributed by atoms with Crippen LogP contribution in [0.3, 0.4) is 0 Å². The molecule has 4 rings (SSSR count). The molecule has 2 aliphatic rings. The molecular formula is C24H27ClFN5O4. The van der Waals surface area contributed by atoms with Gasteiger partial charge < -0.3 is 19.9 Å². The number of hydrogen-bond acceptors (Lipinski definition) is 5. The first kappa shape index (κ1) is 24.9. The number of ether oxygens (including phenoxy) is 1. The highest BCUT2D eigenvalue weighted by Gasteiger charge is 2.40. The Morgan fingerprint density at radius 1 is 1.23 bits per heavy atom. The van der Waals surface area contributed by atoms with Gasteiger partial charge >= 0.3 is 6.03 Å². The molecule has 2 aliphatic heterocycles. The fraction of sp³-hybridized carbons (Fsp3) is 0.417. The average molecular weight is 504 g/mol. The Balaban J connectivity index is 1.47. The molecule has 0 radical (unpaired) electrons. The van der Waals surface area contributed by atoms with Gasteiger partial charge in [-0.25, -0.2) is 14.2 Å². The summed E-state index contributed by atoms with van der Waals surface area (Å²) >= 11 is 5.83. The van der Waals surface area contributed by atoms with Crippen LogP contribution in [0.15, 0.2) is 36.5 Å². The van der Waals surface area contributed by atoms with Gasteiger partial charge in [0.05, 0.1) is 16.8 Å². The highest BCUT2D eigenvalue weighted by Crippen LogP contribution is 2.29. The zero-order chi connectivity index (χ0) is 25.1. The summed E-state index contributed by atoms with van der Waals surface area (Å²) in [6, 6.07) is 5.98. The summed E-state index contributed by atoms with van der Waals surface area (Å²) in [6.07, 6.45) is 3.38. The van der Waals surface area contributed by atoms with Crippen molar-refractivity contribution in [3.05, 3.63) is 47.4 Å². The minimum absolute atomic E-state index is 0.0252. The summed E-state index contributed by atoms with van der Waals surface area (Å²) in [4.78, 5) is 45.2. The number of hydrogen-bond donors (Lipinski definition) is 2. The van der Waals surface area contributed by atoms with Crippen LogP contribution in [0.5, 0.6) is 0 Å². The van der Waals surface area contributed by atoms with Gasteiger partial charge in [0.2, 0.25) is 11.8 Å². The number of halogens is 2. The van der Waals surface area contributed by atoms with Crippen LogP contribution >= 0.6 is 11.6 Å². The number of benzene rings is 1. The second-order valence-corrected chi connectivity index (χ2v) is 9.15. The number of nitrogens with zero attached hydrogens (tertiary/aromatic N) is 3. The summed E-state index contributed by atoms with van der Waals surface area (Å²) in [5, 5.41) is 5.64. The Hall–Kier alpha value is -3.24. The molecule has 1 aromatic heterocycles. The monoisotopic (exact) mass is 503 g/mol. The summed E-state index contributed by atoms with van der Waals surface area (Å²) in [7, 11) is 1.50. The van der Waals surface area contributed by atoms with E-state index in [0.29, 0.717) is 17.1 Å². The molecule has 11 heteroatoms. The first-order chi connectivity index (χ1) is 16.8. The number of piperidine rings is 1. The third-order valence-corrected chi connectivity index (χ3v) is 6.56. The van der Waals surface area contributed by atoms with Gasteiger partial charge in [0, 0.05) is 44.4 Å². The number of carbonyl (C=O) groups excluding carboxylic acids is 3. The van der Waals surface area contributed by atoms with E-state index in [4.69, 9.17) is 16.3 Å². The Morgan fingerprint density at radius 3 is 2.69 bits per heavy atom. The van der Waals surface area contributed by atoms with E-state index in [2.05, 4.69) is 15.6 Å². The van der Waals surface area contributed by atoms with Gasteiger partial charge in [-0.1, -0.05) is 11.6 Å². The van der Waals surface area contributed by atoms with E-state index < -0.39 is 23.8 Å². The molecule has 35 heavy (non-hydrogen) atoms. The first-order valence-electron chi connectivity index (χ1n) is 11.4. The smallest absolute Gasteiger partial charge is 0.323 e. The van der Waals surface area contributed by atoms with Gasteiger partial charge in [-0.2, -0.15) is 0 Å². The molecule has 4 amide bonds. The number of anilines is 3. The molecule has 0 spiro atoms. The third-order valence-electron chi connectivity index (χ3n) is 6.33. The number of methoxy groups -OCH3 is 1. The maximum atomic E-state index is 14.9. The fourth-order valence-corrected chi connectivity index (χ4v) is 4.60. The molecule has 0 aliphatic carbocycles. The van der Waals surface area contributed by atoms with Crippen molar-refractivity contribution in [1.29, 1.82) is 0 Å². The van der Waals surface area contributed by atoms with Crippen molar-refractivity contribution in [2.45, 2.75) is 50.8 Å². The number of likely N-dealkylation sites (tertiary alicyclic amines) is 1. The number of rotatable bonds is 5. The molecule has 2 aromatic rings. The van der Waals surface area contributed by atoms with Crippen LogP contribution in [0.2, 0.25) is 5.02 Å². The zero-order valence-corrected chi connectivity index (χ0v) is 20.2. The second kappa shape index (κ2) is 10.6. The predicted molar refractivity (Wildman–Crippen MR) is 130 cm³/mol. The van der Waals surface area contributed by atoms with Crippen molar-refractivity contribution in [3.63, 3.8) is 0 Å². The van der Waals surface area contributed by atoms with Crippen LogP contribution in [0, 0.1) is 5.82 Å². The maximum absolute atomic E-state index is 14.9. The fourth-order valence-electron chi connectivity index (χ4n) is 4.49. The highest BCUT2D eigenvalue weighted by molar-refractivity contribution is 6.30. The van der Waals surface area contributed by atoms with E-state index in [0.717, 1.165) is 12.8 Å². The lowest BCUT2D eigenvalue weighted by Crippen LogP contribution is -2.45. The van der Waals surface area contributed by atoms with Crippen molar-refractivity contribution in [3.8, 4) is 0 Å². The van der Waals surface area contributed by atoms with Crippen LogP contribution in [0.25, 0.3) is 0 Å². The molecule has 2 fully saturated rings. The normalized spacial score (nSPS) is 22.3. The molecule has 2 N–H and O–H groups in total. The summed E-state index contributed by atoms with van der Waals surface area (Å²) in [5.74, 6) is -0.974. The molecule has 3 atom stereocenters. The van der Waals surface area contributed by atoms with E-state index in [1.54, 1.807) is 23.1 Å². The van der Waals surface area contributed by atoms with E-state index >= 15 is 0 Å². The van der Waals surface area contributed by atoms with Crippen LogP contribution in [0.4, 0.5) is 26.4 Å². The van der Waals surface area contributed by atoms with E-state index in [-0.39, 0.29) is 42.5 Å². The molecular weight excluding hydrogens is 477 g/mol. The summed E-state index contributed by atoms with van der Waals surface area (Å²) in [5.41, 5.74) is 0.422. The molecule has 9 nitrogen and oxygen atoms in total. The van der Waals surface area contributed by atoms with E-state index in [9.17, 15) is 18.8 Å². The SMILES string of the molecule is CO[C@@H]1C[C@H](C(=O)Nc2ccc(N3C(=O)CCCC3C)cc2F)N(C(=O)Nc2ccc(Cl)cn2)C1. The summed E-state index contributed by atoms with van der Waals surface area (Å²) < 4.78 is 20.3. The number of amides is 4. The first-order valence-corrected chi connectivity index (χ1v) is 11.8. The standard InChI is InChI=1S/C24H27ClFN5O4/c1-14-4-3-5-22(32)31(14)16-7-8-19(18(26)10-16)28-23(33)20-11-17(35-2)13-30(20)24(34)29-21-9-6-15(25)12-27-21/h6-10,12,14,17,20H,3-5,11,13H2,1-2H3,(H,28,33)(H,27,29,34)/t14?,17-,20-/m1/s1. The topological polar surface area (TPSA) is 104 Å². The second-order valence-electron chi connectivity index (χ2n) is 8.71. The number of carbonyl (C=O) groups is 3. The summed E-state index contributed by atoms with van der Waals surface area (Å²) in [6.45, 7) is 2.11. The van der Waals surface area contributed by atoms with E-state index in [1.165, 1.54) is 30.3 Å². The molecule has 186 valence electrons. The van der Waals surface area contributed by atoms with E-state index in [1.807, 2.05) is 6.92 Å². The minimum Gasteiger partial charge on any atom is -0.380 e. The van der Waals surface area contributed by atoms with Gasteiger partial charge in [0.15, 0.2) is 0 Å². The molecule has 0 saturated carbocycles. The number of nitrogens with one attached hydrogen (secondary N) is 2. The third kappa shape index (κ3) is 5.54. The highest BCUT2D eigenvalue weighted by atomic mass is 35.5. The largest absolute Gasteiger partial charge is 0.380 e. The van der Waals surface area contributed by atoms with Crippen LogP contribution in [0.1, 0.15) is 32.6 Å². The maximum Gasteiger partial charge on any atom is 0.323 e. The van der Waals surface area contributed by atoms with Crippen molar-refractivity contribution >= 4 is 46.6 Å². The van der Waals surface area contributed by atoms with Crippen molar-refractivity contribution in [1.82, 2.24) is 9.88 Å². The van der Waals surface area contributed by atoms with Gasteiger partial charge in [-0.15, -0.1) is 0 Å². The van der Waals surface area contributed by atoms with Crippen LogP contribution in [-0.2, 0) is 14.3 Å². The Bertz CT molecular complexity index is 1120.